The van der Waals surface area contributed by atoms with Gasteiger partial charge in [-0.1, -0.05) is 58.4 Å². The molecule has 3 aromatic carbocycles. The highest BCUT2D eigenvalue weighted by atomic mass is 79.9. The molecule has 0 unspecified atom stereocenters. The summed E-state index contributed by atoms with van der Waals surface area (Å²) in [6.07, 6.45) is 3.02. The summed E-state index contributed by atoms with van der Waals surface area (Å²) in [6.45, 7) is 0.497. The van der Waals surface area contributed by atoms with Crippen LogP contribution in [0, 0.1) is 5.82 Å². The van der Waals surface area contributed by atoms with Crippen LogP contribution in [-0.2, 0) is 11.4 Å². The summed E-state index contributed by atoms with van der Waals surface area (Å²) in [5, 5.41) is 2.51. The molecule has 3 rings (SSSR count). The second-order valence-electron chi connectivity index (χ2n) is 5.79. The van der Waals surface area contributed by atoms with Crippen molar-refractivity contribution in [2.45, 2.75) is 6.61 Å². The van der Waals surface area contributed by atoms with Gasteiger partial charge in [0.2, 0.25) is 5.91 Å². The predicted molar refractivity (Wildman–Crippen MR) is 109 cm³/mol. The van der Waals surface area contributed by atoms with E-state index in [1.807, 2.05) is 54.6 Å². The molecule has 0 radical (unpaired) electrons. The molecule has 0 aliphatic rings. The molecule has 0 aliphatic heterocycles. The summed E-state index contributed by atoms with van der Waals surface area (Å²) in [6, 6.07) is 21.8. The molecule has 0 heterocycles. The van der Waals surface area contributed by atoms with Crippen molar-refractivity contribution in [1.82, 2.24) is 0 Å². The van der Waals surface area contributed by atoms with Crippen molar-refractivity contribution < 1.29 is 13.9 Å². The van der Waals surface area contributed by atoms with Gasteiger partial charge in [0.1, 0.15) is 18.2 Å². The zero-order valence-electron chi connectivity index (χ0n) is 14.4. The Hall–Kier alpha value is -2.92. The molecule has 3 aromatic rings. The van der Waals surface area contributed by atoms with Crippen LogP contribution in [-0.4, -0.2) is 5.91 Å². The molecule has 136 valence electrons. The standard InChI is InChI=1S/C22H17BrFNO2/c23-18-9-12-21(20(24)14-18)25-22(26)13-8-16-6-10-19(11-7-16)27-15-17-4-2-1-3-5-17/h1-14H,15H2,(H,25,26)/b13-8+. The van der Waals surface area contributed by atoms with Gasteiger partial charge in [0.15, 0.2) is 0 Å². The van der Waals surface area contributed by atoms with Gasteiger partial charge in [-0.05, 0) is 47.5 Å². The van der Waals surface area contributed by atoms with Crippen molar-refractivity contribution >= 4 is 33.6 Å². The Balaban J connectivity index is 1.54. The average molecular weight is 426 g/mol. The van der Waals surface area contributed by atoms with Crippen LogP contribution < -0.4 is 10.1 Å². The van der Waals surface area contributed by atoms with E-state index >= 15 is 0 Å². The molecule has 0 spiro atoms. The summed E-state index contributed by atoms with van der Waals surface area (Å²) >= 11 is 3.18. The van der Waals surface area contributed by atoms with Gasteiger partial charge in [-0.3, -0.25) is 4.79 Å². The van der Waals surface area contributed by atoms with E-state index < -0.39 is 11.7 Å². The third-order valence-corrected chi connectivity index (χ3v) is 4.24. The molecule has 0 fully saturated rings. The van der Waals surface area contributed by atoms with Gasteiger partial charge in [-0.2, -0.15) is 0 Å². The number of rotatable bonds is 6. The molecule has 3 nitrogen and oxygen atoms in total. The van der Waals surface area contributed by atoms with Crippen molar-refractivity contribution in [3.05, 3.63) is 100 Å². The van der Waals surface area contributed by atoms with Gasteiger partial charge in [-0.25, -0.2) is 4.39 Å². The third-order valence-electron chi connectivity index (χ3n) is 3.74. The van der Waals surface area contributed by atoms with Gasteiger partial charge in [-0.15, -0.1) is 0 Å². The van der Waals surface area contributed by atoms with E-state index in [2.05, 4.69) is 21.2 Å². The van der Waals surface area contributed by atoms with Crippen molar-refractivity contribution in [3.8, 4) is 5.75 Å². The number of halogens is 2. The van der Waals surface area contributed by atoms with Gasteiger partial charge < -0.3 is 10.1 Å². The summed E-state index contributed by atoms with van der Waals surface area (Å²) in [4.78, 5) is 11.9. The van der Waals surface area contributed by atoms with Crippen LogP contribution in [0.25, 0.3) is 6.08 Å². The molecule has 1 amide bonds. The van der Waals surface area contributed by atoms with Crippen LogP contribution in [0.15, 0.2) is 83.3 Å². The van der Waals surface area contributed by atoms with Crippen LogP contribution in [0.2, 0.25) is 0 Å². The maximum atomic E-state index is 13.7. The molecular weight excluding hydrogens is 409 g/mol. The summed E-state index contributed by atoms with van der Waals surface area (Å²) in [5.41, 5.74) is 2.07. The Morgan fingerprint density at radius 3 is 2.48 bits per heavy atom. The van der Waals surface area contributed by atoms with Gasteiger partial charge >= 0.3 is 0 Å². The van der Waals surface area contributed by atoms with E-state index in [0.29, 0.717) is 11.1 Å². The summed E-state index contributed by atoms with van der Waals surface area (Å²) in [7, 11) is 0. The lowest BCUT2D eigenvalue weighted by molar-refractivity contribution is -0.111. The lowest BCUT2D eigenvalue weighted by Gasteiger charge is -2.06. The summed E-state index contributed by atoms with van der Waals surface area (Å²) < 4.78 is 20.1. The topological polar surface area (TPSA) is 38.3 Å². The van der Waals surface area contributed by atoms with E-state index in [4.69, 9.17) is 4.74 Å². The minimum atomic E-state index is -0.494. The quantitative estimate of drug-likeness (QED) is 0.505. The monoisotopic (exact) mass is 425 g/mol. The Kier molecular flexibility index (Phi) is 6.39. The third kappa shape index (κ3) is 5.79. The first-order chi connectivity index (χ1) is 13.1. The van der Waals surface area contributed by atoms with Gasteiger partial charge in [0.05, 0.1) is 5.69 Å². The minimum Gasteiger partial charge on any atom is -0.489 e. The first-order valence-corrected chi connectivity index (χ1v) is 9.10. The Bertz CT molecular complexity index is 940. The van der Waals surface area contributed by atoms with Gasteiger partial charge in [0, 0.05) is 10.5 Å². The zero-order valence-corrected chi connectivity index (χ0v) is 15.9. The number of benzene rings is 3. The lowest BCUT2D eigenvalue weighted by atomic mass is 10.2. The van der Waals surface area contributed by atoms with E-state index in [1.54, 1.807) is 12.1 Å². The van der Waals surface area contributed by atoms with E-state index in [0.717, 1.165) is 16.9 Å². The fourth-order valence-electron chi connectivity index (χ4n) is 2.35. The Morgan fingerprint density at radius 1 is 1.04 bits per heavy atom. The minimum absolute atomic E-state index is 0.137. The number of hydrogen-bond donors (Lipinski definition) is 1. The second-order valence-corrected chi connectivity index (χ2v) is 6.71. The number of amides is 1. The fourth-order valence-corrected chi connectivity index (χ4v) is 2.69. The van der Waals surface area contributed by atoms with Crippen molar-refractivity contribution in [2.24, 2.45) is 0 Å². The lowest BCUT2D eigenvalue weighted by Crippen LogP contribution is -2.09. The average Bonchev–Trinajstić information content (AvgIpc) is 2.68. The maximum absolute atomic E-state index is 13.7. The molecule has 0 saturated carbocycles. The highest BCUT2D eigenvalue weighted by Crippen LogP contribution is 2.19. The van der Waals surface area contributed by atoms with Crippen molar-refractivity contribution in [3.63, 3.8) is 0 Å². The van der Waals surface area contributed by atoms with Crippen molar-refractivity contribution in [2.75, 3.05) is 5.32 Å². The number of carbonyl (C=O) groups excluding carboxylic acids is 1. The fraction of sp³-hybridized carbons (Fsp3) is 0.0455. The first-order valence-electron chi connectivity index (χ1n) is 8.31. The highest BCUT2D eigenvalue weighted by Gasteiger charge is 2.05. The Morgan fingerprint density at radius 2 is 1.78 bits per heavy atom. The molecule has 0 aliphatic carbocycles. The molecule has 0 atom stereocenters. The van der Waals surface area contributed by atoms with Crippen LogP contribution >= 0.6 is 15.9 Å². The molecular formula is C22H17BrFNO2. The summed E-state index contributed by atoms with van der Waals surface area (Å²) in [5.74, 6) is -0.149. The van der Waals surface area contributed by atoms with E-state index in [9.17, 15) is 9.18 Å². The molecule has 0 saturated heterocycles. The molecule has 0 aromatic heterocycles. The van der Waals surface area contributed by atoms with Gasteiger partial charge in [0.25, 0.3) is 0 Å². The largest absolute Gasteiger partial charge is 0.489 e. The van der Waals surface area contributed by atoms with Crippen LogP contribution in [0.5, 0.6) is 5.75 Å². The SMILES string of the molecule is O=C(/C=C/c1ccc(OCc2ccccc2)cc1)Nc1ccc(Br)cc1F. The second kappa shape index (κ2) is 9.14. The molecule has 0 bridgehead atoms. The molecule has 27 heavy (non-hydrogen) atoms. The number of nitrogens with one attached hydrogen (secondary N) is 1. The number of ether oxygens (including phenoxy) is 1. The first kappa shape index (κ1) is 18.9. The van der Waals surface area contributed by atoms with Crippen LogP contribution in [0.3, 0.4) is 0 Å². The Labute approximate surface area is 165 Å². The van der Waals surface area contributed by atoms with Crippen molar-refractivity contribution in [1.29, 1.82) is 0 Å². The maximum Gasteiger partial charge on any atom is 0.248 e. The smallest absolute Gasteiger partial charge is 0.248 e. The number of carbonyl (C=O) groups is 1. The molecule has 5 heteroatoms. The van der Waals surface area contributed by atoms with Crippen LogP contribution in [0.4, 0.5) is 10.1 Å². The normalized spacial score (nSPS) is 10.7. The zero-order chi connectivity index (χ0) is 19.1. The molecule has 1 N–H and O–H groups in total. The van der Waals surface area contributed by atoms with Crippen LogP contribution in [0.1, 0.15) is 11.1 Å². The van der Waals surface area contributed by atoms with E-state index in [-0.39, 0.29) is 5.69 Å². The number of hydrogen-bond acceptors (Lipinski definition) is 2. The number of anilines is 1. The highest BCUT2D eigenvalue weighted by molar-refractivity contribution is 9.10. The predicted octanol–water partition coefficient (Wildman–Crippen LogP) is 5.82. The van der Waals surface area contributed by atoms with E-state index in [1.165, 1.54) is 18.2 Å².